The van der Waals surface area contributed by atoms with E-state index in [4.69, 9.17) is 11.6 Å². The highest BCUT2D eigenvalue weighted by molar-refractivity contribution is 7.18. The van der Waals surface area contributed by atoms with Crippen molar-refractivity contribution in [1.29, 1.82) is 0 Å². The molecular formula is C14H19ClN2S. The van der Waals surface area contributed by atoms with Gasteiger partial charge in [0.15, 0.2) is 0 Å². The molecule has 2 aromatic heterocycles. The lowest BCUT2D eigenvalue weighted by Gasteiger charge is -2.12. The fourth-order valence-corrected chi connectivity index (χ4v) is 3.74. The SMILES string of the molecule is Cc1sc2ncnc(CC(Cl)CC(C)C)c2c1C. The van der Waals surface area contributed by atoms with E-state index in [-0.39, 0.29) is 5.38 Å². The first-order chi connectivity index (χ1) is 8.49. The standard InChI is InChI=1S/C14H19ClN2S/c1-8(2)5-11(15)6-12-13-9(3)10(4)18-14(13)17-7-16-12/h7-8,11H,5-6H2,1-4H3. The van der Waals surface area contributed by atoms with Crippen LogP contribution in [0.3, 0.4) is 0 Å². The molecule has 4 heteroatoms. The minimum absolute atomic E-state index is 0.155. The van der Waals surface area contributed by atoms with Gasteiger partial charge in [-0.05, 0) is 31.7 Å². The molecule has 2 nitrogen and oxygen atoms in total. The Balaban J connectivity index is 2.33. The van der Waals surface area contributed by atoms with Crippen LogP contribution < -0.4 is 0 Å². The number of hydrogen-bond acceptors (Lipinski definition) is 3. The normalized spacial score (nSPS) is 13.4. The zero-order valence-corrected chi connectivity index (χ0v) is 12.9. The minimum Gasteiger partial charge on any atom is -0.241 e. The Morgan fingerprint density at radius 2 is 2.00 bits per heavy atom. The highest BCUT2D eigenvalue weighted by Crippen LogP contribution is 2.31. The van der Waals surface area contributed by atoms with Crippen molar-refractivity contribution in [2.24, 2.45) is 5.92 Å². The second-order valence-corrected chi connectivity index (χ2v) is 7.04. The first kappa shape index (κ1) is 13.8. The molecule has 2 heterocycles. The van der Waals surface area contributed by atoms with Crippen molar-refractivity contribution in [2.45, 2.75) is 45.9 Å². The molecule has 0 aliphatic rings. The molecule has 0 fully saturated rings. The van der Waals surface area contributed by atoms with Gasteiger partial charge in [-0.15, -0.1) is 22.9 Å². The maximum atomic E-state index is 6.41. The summed E-state index contributed by atoms with van der Waals surface area (Å²) in [7, 11) is 0. The molecule has 98 valence electrons. The van der Waals surface area contributed by atoms with Crippen molar-refractivity contribution in [1.82, 2.24) is 9.97 Å². The molecule has 0 aromatic carbocycles. The Labute approximate surface area is 117 Å². The van der Waals surface area contributed by atoms with Gasteiger partial charge in [-0.25, -0.2) is 9.97 Å². The Bertz CT molecular complexity index is 548. The fourth-order valence-electron chi connectivity index (χ4n) is 2.21. The van der Waals surface area contributed by atoms with E-state index in [9.17, 15) is 0 Å². The summed E-state index contributed by atoms with van der Waals surface area (Å²) >= 11 is 8.15. The minimum atomic E-state index is 0.155. The van der Waals surface area contributed by atoms with Crippen molar-refractivity contribution in [2.75, 3.05) is 0 Å². The van der Waals surface area contributed by atoms with Crippen LogP contribution in [0.4, 0.5) is 0 Å². The van der Waals surface area contributed by atoms with E-state index in [1.807, 2.05) is 0 Å². The Morgan fingerprint density at radius 1 is 1.28 bits per heavy atom. The smallest absolute Gasteiger partial charge is 0.127 e. The Kier molecular flexibility index (Phi) is 4.23. The van der Waals surface area contributed by atoms with Gasteiger partial charge in [0.25, 0.3) is 0 Å². The van der Waals surface area contributed by atoms with E-state index in [1.54, 1.807) is 17.7 Å². The highest BCUT2D eigenvalue weighted by atomic mass is 35.5. The third kappa shape index (κ3) is 2.83. The molecule has 0 radical (unpaired) electrons. The van der Waals surface area contributed by atoms with Crippen LogP contribution in [0.15, 0.2) is 6.33 Å². The van der Waals surface area contributed by atoms with Gasteiger partial charge in [0.05, 0.1) is 5.69 Å². The molecule has 0 saturated heterocycles. The number of aromatic nitrogens is 2. The predicted octanol–water partition coefficient (Wildman–Crippen LogP) is 4.50. The molecular weight excluding hydrogens is 264 g/mol. The number of aryl methyl sites for hydroxylation is 2. The summed E-state index contributed by atoms with van der Waals surface area (Å²) in [6, 6.07) is 0. The van der Waals surface area contributed by atoms with E-state index in [0.29, 0.717) is 5.92 Å². The van der Waals surface area contributed by atoms with E-state index in [0.717, 1.165) is 23.4 Å². The van der Waals surface area contributed by atoms with E-state index >= 15 is 0 Å². The van der Waals surface area contributed by atoms with Crippen molar-refractivity contribution >= 4 is 33.2 Å². The Morgan fingerprint density at radius 3 is 2.67 bits per heavy atom. The average Bonchev–Trinajstić information content (AvgIpc) is 2.54. The molecule has 2 rings (SSSR count). The molecule has 18 heavy (non-hydrogen) atoms. The van der Waals surface area contributed by atoms with Crippen LogP contribution in [0.1, 0.15) is 36.4 Å². The molecule has 0 saturated carbocycles. The summed E-state index contributed by atoms with van der Waals surface area (Å²) in [4.78, 5) is 11.2. The Hall–Kier alpha value is -0.670. The van der Waals surface area contributed by atoms with Crippen LogP contribution in [0, 0.1) is 19.8 Å². The zero-order valence-electron chi connectivity index (χ0n) is 11.3. The average molecular weight is 283 g/mol. The lowest BCUT2D eigenvalue weighted by molar-refractivity contribution is 0.559. The van der Waals surface area contributed by atoms with E-state index < -0.39 is 0 Å². The molecule has 0 aliphatic carbocycles. The quantitative estimate of drug-likeness (QED) is 0.772. The highest BCUT2D eigenvalue weighted by Gasteiger charge is 2.15. The fraction of sp³-hybridized carbons (Fsp3) is 0.571. The summed E-state index contributed by atoms with van der Waals surface area (Å²) in [5.41, 5.74) is 2.40. The van der Waals surface area contributed by atoms with Gasteiger partial charge in [-0.1, -0.05) is 13.8 Å². The van der Waals surface area contributed by atoms with Gasteiger partial charge < -0.3 is 0 Å². The van der Waals surface area contributed by atoms with Gasteiger partial charge >= 0.3 is 0 Å². The van der Waals surface area contributed by atoms with Gasteiger partial charge in [-0.3, -0.25) is 0 Å². The molecule has 0 bridgehead atoms. The first-order valence-corrected chi connectivity index (χ1v) is 7.58. The number of thiophene rings is 1. The van der Waals surface area contributed by atoms with Crippen LogP contribution in [0.2, 0.25) is 0 Å². The number of fused-ring (bicyclic) bond motifs is 1. The van der Waals surface area contributed by atoms with E-state index in [1.165, 1.54) is 15.8 Å². The number of hydrogen-bond donors (Lipinski definition) is 0. The second kappa shape index (κ2) is 5.54. The monoisotopic (exact) mass is 282 g/mol. The predicted molar refractivity (Wildman–Crippen MR) is 79.7 cm³/mol. The third-order valence-corrected chi connectivity index (χ3v) is 4.63. The lowest BCUT2D eigenvalue weighted by atomic mass is 10.0. The number of alkyl halides is 1. The maximum absolute atomic E-state index is 6.41. The summed E-state index contributed by atoms with van der Waals surface area (Å²) in [6.07, 6.45) is 3.51. The molecule has 0 spiro atoms. The largest absolute Gasteiger partial charge is 0.241 e. The maximum Gasteiger partial charge on any atom is 0.127 e. The summed E-state index contributed by atoms with van der Waals surface area (Å²) < 4.78 is 0. The van der Waals surface area contributed by atoms with Crippen LogP contribution in [0.5, 0.6) is 0 Å². The van der Waals surface area contributed by atoms with Gasteiger partial charge in [0, 0.05) is 22.1 Å². The van der Waals surface area contributed by atoms with Crippen molar-refractivity contribution in [3.8, 4) is 0 Å². The van der Waals surface area contributed by atoms with Crippen LogP contribution in [-0.2, 0) is 6.42 Å². The zero-order chi connectivity index (χ0) is 13.3. The number of halogens is 1. The number of rotatable bonds is 4. The third-order valence-electron chi connectivity index (χ3n) is 3.19. The van der Waals surface area contributed by atoms with Crippen LogP contribution in [-0.4, -0.2) is 15.3 Å². The molecule has 2 aromatic rings. The van der Waals surface area contributed by atoms with Gasteiger partial charge in [0.2, 0.25) is 0 Å². The summed E-state index contributed by atoms with van der Waals surface area (Å²) in [5, 5.41) is 1.37. The van der Waals surface area contributed by atoms with E-state index in [2.05, 4.69) is 37.7 Å². The lowest BCUT2D eigenvalue weighted by Crippen LogP contribution is -2.09. The van der Waals surface area contributed by atoms with Gasteiger partial charge in [0.1, 0.15) is 11.2 Å². The first-order valence-electron chi connectivity index (χ1n) is 6.32. The molecule has 0 N–H and O–H groups in total. The van der Waals surface area contributed by atoms with Crippen molar-refractivity contribution in [3.05, 3.63) is 22.5 Å². The van der Waals surface area contributed by atoms with Crippen LogP contribution >= 0.6 is 22.9 Å². The molecule has 0 amide bonds. The number of nitrogens with zero attached hydrogens (tertiary/aromatic N) is 2. The van der Waals surface area contributed by atoms with Gasteiger partial charge in [-0.2, -0.15) is 0 Å². The van der Waals surface area contributed by atoms with Crippen molar-refractivity contribution < 1.29 is 0 Å². The topological polar surface area (TPSA) is 25.8 Å². The molecule has 1 atom stereocenters. The molecule has 1 unspecified atom stereocenters. The van der Waals surface area contributed by atoms with Crippen LogP contribution in [0.25, 0.3) is 10.2 Å². The summed E-state index contributed by atoms with van der Waals surface area (Å²) in [5.74, 6) is 0.620. The molecule has 0 aliphatic heterocycles. The van der Waals surface area contributed by atoms with Crippen molar-refractivity contribution in [3.63, 3.8) is 0 Å². The second-order valence-electron chi connectivity index (χ2n) is 5.21. The summed E-state index contributed by atoms with van der Waals surface area (Å²) in [6.45, 7) is 8.68.